The molecular weight excluding hydrogens is 304 g/mol. The topological polar surface area (TPSA) is 91.7 Å². The lowest BCUT2D eigenvalue weighted by molar-refractivity contribution is 0.406. The van der Waals surface area contributed by atoms with Crippen LogP contribution in [0.3, 0.4) is 0 Å². The maximum absolute atomic E-state index is 5.74. The molecule has 0 saturated heterocycles. The zero-order chi connectivity index (χ0) is 17.9. The smallest absolute Gasteiger partial charge is 0.222 e. The first-order valence-corrected chi connectivity index (χ1v) is 7.95. The molecule has 128 valence electrons. The van der Waals surface area contributed by atoms with Gasteiger partial charge in [-0.2, -0.15) is 4.98 Å². The molecule has 7 nitrogen and oxygen atoms in total. The van der Waals surface area contributed by atoms with Gasteiger partial charge in [-0.05, 0) is 20.8 Å². The van der Waals surface area contributed by atoms with E-state index in [0.717, 1.165) is 33.8 Å². The fraction of sp³-hybridized carbons (Fsp3) is 0.412. The lowest BCUT2D eigenvalue weighted by Crippen LogP contribution is -2.07. The summed E-state index contributed by atoms with van der Waals surface area (Å²) in [5.41, 5.74) is 10.9. The number of anilines is 1. The van der Waals surface area contributed by atoms with Crippen molar-refractivity contribution in [2.45, 2.75) is 41.2 Å². The Morgan fingerprint density at radius 3 is 2.50 bits per heavy atom. The average Bonchev–Trinajstić information content (AvgIpc) is 2.96. The number of rotatable bonds is 3. The maximum atomic E-state index is 5.74. The van der Waals surface area contributed by atoms with Crippen molar-refractivity contribution >= 4 is 17.1 Å². The average molecular weight is 328 g/mol. The molecule has 0 aliphatic carbocycles. The fourth-order valence-corrected chi connectivity index (χ4v) is 2.61. The normalized spacial score (nSPS) is 10.4. The molecule has 0 aliphatic heterocycles. The maximum Gasteiger partial charge on any atom is 0.222 e. The summed E-state index contributed by atoms with van der Waals surface area (Å²) in [5, 5.41) is 0. The number of ether oxygens (including phenoxy) is 1. The summed E-state index contributed by atoms with van der Waals surface area (Å²) in [4.78, 5) is 17.3. The van der Waals surface area contributed by atoms with Gasteiger partial charge in [-0.15, -0.1) is 0 Å². The fourth-order valence-electron chi connectivity index (χ4n) is 2.61. The quantitative estimate of drug-likeness (QED) is 0.795. The number of hydrogen-bond donors (Lipinski definition) is 1. The van der Waals surface area contributed by atoms with Crippen LogP contribution < -0.4 is 10.5 Å². The van der Waals surface area contributed by atoms with E-state index < -0.39 is 0 Å². The molecule has 0 unspecified atom stereocenters. The Morgan fingerprint density at radius 2 is 1.83 bits per heavy atom. The van der Waals surface area contributed by atoms with Gasteiger partial charge in [0.15, 0.2) is 5.65 Å². The molecule has 3 heterocycles. The highest BCUT2D eigenvalue weighted by molar-refractivity contribution is 5.74. The molecule has 24 heavy (non-hydrogen) atoms. The predicted octanol–water partition coefficient (Wildman–Crippen LogP) is 2.81. The zero-order valence-corrected chi connectivity index (χ0v) is 15.1. The van der Waals surface area contributed by atoms with Gasteiger partial charge in [-0.1, -0.05) is 13.8 Å². The SMILES string of the molecule is CC.COc1c(C)cnc(Cn2cnc3c(C)nc(N)nc32)c1C. The number of nitrogen functional groups attached to an aromatic ring is 1. The van der Waals surface area contributed by atoms with Crippen molar-refractivity contribution in [2.24, 2.45) is 0 Å². The summed E-state index contributed by atoms with van der Waals surface area (Å²) in [5.74, 6) is 1.11. The van der Waals surface area contributed by atoms with Gasteiger partial charge < -0.3 is 15.0 Å². The van der Waals surface area contributed by atoms with Gasteiger partial charge in [0, 0.05) is 17.3 Å². The van der Waals surface area contributed by atoms with Gasteiger partial charge >= 0.3 is 0 Å². The van der Waals surface area contributed by atoms with Crippen LogP contribution in [0.1, 0.15) is 36.4 Å². The molecule has 7 heteroatoms. The Labute approximate surface area is 141 Å². The molecular formula is C17H24N6O. The van der Waals surface area contributed by atoms with Crippen LogP contribution in [-0.4, -0.2) is 31.6 Å². The van der Waals surface area contributed by atoms with Crippen LogP contribution in [0.15, 0.2) is 12.5 Å². The second-order valence-electron chi connectivity index (χ2n) is 5.26. The third-order valence-electron chi connectivity index (χ3n) is 3.73. The third kappa shape index (κ3) is 3.15. The van der Waals surface area contributed by atoms with Gasteiger partial charge in [0.05, 0.1) is 31.4 Å². The van der Waals surface area contributed by atoms with E-state index in [-0.39, 0.29) is 5.95 Å². The first kappa shape index (κ1) is 17.7. The number of pyridine rings is 1. The minimum absolute atomic E-state index is 0.248. The number of aryl methyl sites for hydroxylation is 2. The molecule has 0 atom stereocenters. The van der Waals surface area contributed by atoms with Crippen LogP contribution in [0.5, 0.6) is 5.75 Å². The minimum atomic E-state index is 0.248. The van der Waals surface area contributed by atoms with Gasteiger partial charge in [0.1, 0.15) is 11.3 Å². The first-order chi connectivity index (χ1) is 11.5. The van der Waals surface area contributed by atoms with Crippen LogP contribution in [0.2, 0.25) is 0 Å². The Morgan fingerprint density at radius 1 is 1.12 bits per heavy atom. The van der Waals surface area contributed by atoms with Crippen LogP contribution in [0.25, 0.3) is 11.2 Å². The molecule has 0 fully saturated rings. The lowest BCUT2D eigenvalue weighted by atomic mass is 10.1. The molecule has 3 aromatic rings. The molecule has 3 rings (SSSR count). The van der Waals surface area contributed by atoms with Crippen LogP contribution in [-0.2, 0) is 6.54 Å². The number of imidazole rings is 1. The van der Waals surface area contributed by atoms with Crippen molar-refractivity contribution in [1.29, 1.82) is 0 Å². The highest BCUT2D eigenvalue weighted by Crippen LogP contribution is 2.25. The Balaban J connectivity index is 0.00000100. The van der Waals surface area contributed by atoms with E-state index in [2.05, 4.69) is 19.9 Å². The zero-order valence-electron chi connectivity index (χ0n) is 15.1. The Hall–Kier alpha value is -2.70. The van der Waals surface area contributed by atoms with Crippen LogP contribution in [0, 0.1) is 20.8 Å². The molecule has 0 aromatic carbocycles. The number of nitrogens with zero attached hydrogens (tertiary/aromatic N) is 5. The van der Waals surface area contributed by atoms with E-state index in [9.17, 15) is 0 Å². The summed E-state index contributed by atoms with van der Waals surface area (Å²) in [6.45, 7) is 10.4. The third-order valence-corrected chi connectivity index (χ3v) is 3.73. The van der Waals surface area contributed by atoms with E-state index in [0.29, 0.717) is 12.2 Å². The number of aromatic nitrogens is 5. The van der Waals surface area contributed by atoms with Gasteiger partial charge in [0.2, 0.25) is 5.95 Å². The number of methoxy groups -OCH3 is 1. The highest BCUT2D eigenvalue weighted by Gasteiger charge is 2.13. The first-order valence-electron chi connectivity index (χ1n) is 7.95. The van der Waals surface area contributed by atoms with Crippen LogP contribution >= 0.6 is 0 Å². The largest absolute Gasteiger partial charge is 0.496 e. The summed E-state index contributed by atoms with van der Waals surface area (Å²) in [6.07, 6.45) is 3.55. The van der Waals surface area contributed by atoms with Gasteiger partial charge in [0.25, 0.3) is 0 Å². The summed E-state index contributed by atoms with van der Waals surface area (Å²) >= 11 is 0. The minimum Gasteiger partial charge on any atom is -0.496 e. The molecule has 0 aliphatic rings. The Kier molecular flexibility index (Phi) is 5.33. The van der Waals surface area contributed by atoms with Gasteiger partial charge in [-0.25, -0.2) is 9.97 Å². The summed E-state index contributed by atoms with van der Waals surface area (Å²) in [7, 11) is 1.67. The number of nitrogens with two attached hydrogens (primary N) is 1. The summed E-state index contributed by atoms with van der Waals surface area (Å²) in [6, 6.07) is 0. The van der Waals surface area contributed by atoms with Crippen molar-refractivity contribution in [3.05, 3.63) is 35.0 Å². The van der Waals surface area contributed by atoms with E-state index in [4.69, 9.17) is 10.5 Å². The monoisotopic (exact) mass is 328 g/mol. The second-order valence-corrected chi connectivity index (χ2v) is 5.26. The number of hydrogen-bond acceptors (Lipinski definition) is 6. The van der Waals surface area contributed by atoms with Crippen molar-refractivity contribution in [2.75, 3.05) is 12.8 Å². The van der Waals surface area contributed by atoms with E-state index in [1.54, 1.807) is 13.4 Å². The summed E-state index contributed by atoms with van der Waals surface area (Å²) < 4.78 is 7.37. The molecule has 0 radical (unpaired) electrons. The Bertz CT molecular complexity index is 856. The lowest BCUT2D eigenvalue weighted by Gasteiger charge is -2.12. The molecule has 0 amide bonds. The van der Waals surface area contributed by atoms with Gasteiger partial charge in [-0.3, -0.25) is 4.98 Å². The van der Waals surface area contributed by atoms with Crippen molar-refractivity contribution in [3.63, 3.8) is 0 Å². The van der Waals surface area contributed by atoms with Crippen molar-refractivity contribution in [1.82, 2.24) is 24.5 Å². The molecule has 0 spiro atoms. The van der Waals surface area contributed by atoms with E-state index in [1.165, 1.54) is 0 Å². The molecule has 3 aromatic heterocycles. The van der Waals surface area contributed by atoms with E-state index >= 15 is 0 Å². The number of fused-ring (bicyclic) bond motifs is 1. The molecule has 0 saturated carbocycles. The van der Waals surface area contributed by atoms with Crippen molar-refractivity contribution < 1.29 is 4.74 Å². The van der Waals surface area contributed by atoms with E-state index in [1.807, 2.05) is 45.4 Å². The van der Waals surface area contributed by atoms with Crippen molar-refractivity contribution in [3.8, 4) is 5.75 Å². The molecule has 2 N–H and O–H groups in total. The molecule has 0 bridgehead atoms. The van der Waals surface area contributed by atoms with Crippen LogP contribution in [0.4, 0.5) is 5.95 Å². The highest BCUT2D eigenvalue weighted by atomic mass is 16.5. The standard InChI is InChI=1S/C15H18N6O.C2H6/c1-8-5-17-11(9(2)13(8)22-4)6-21-7-18-12-10(3)19-15(16)20-14(12)21;1-2/h5,7H,6H2,1-4H3,(H2,16,19,20);1-2H3. The second kappa shape index (κ2) is 7.25. The predicted molar refractivity (Wildman–Crippen MR) is 95.2 cm³/mol.